The number of esters is 1. The lowest BCUT2D eigenvalue weighted by Gasteiger charge is -2.09. The summed E-state index contributed by atoms with van der Waals surface area (Å²) in [5.74, 6) is 0.500. The van der Waals surface area contributed by atoms with Gasteiger partial charge in [-0.2, -0.15) is 5.10 Å². The van der Waals surface area contributed by atoms with Crippen LogP contribution in [-0.4, -0.2) is 31.3 Å². The number of carbonyl (C=O) groups is 2. The van der Waals surface area contributed by atoms with E-state index in [0.29, 0.717) is 47.2 Å². The van der Waals surface area contributed by atoms with Gasteiger partial charge in [0, 0.05) is 10.0 Å². The number of nitrogens with zero attached hydrogens (tertiary/aromatic N) is 1. The van der Waals surface area contributed by atoms with E-state index < -0.39 is 11.9 Å². The third kappa shape index (κ3) is 6.66. The number of hydrogen-bond donors (Lipinski definition) is 1. The predicted octanol–water partition coefficient (Wildman–Crippen LogP) is 5.23. The molecule has 7 nitrogen and oxygen atoms in total. The maximum Gasteiger partial charge on any atom is 0.343 e. The van der Waals surface area contributed by atoms with Crippen LogP contribution in [0.15, 0.2) is 76.3 Å². The Morgan fingerprint density at radius 1 is 0.939 bits per heavy atom. The van der Waals surface area contributed by atoms with Crippen molar-refractivity contribution in [3.8, 4) is 17.2 Å². The molecule has 0 fully saturated rings. The van der Waals surface area contributed by atoms with Crippen molar-refractivity contribution in [2.24, 2.45) is 5.10 Å². The predicted molar refractivity (Wildman–Crippen MR) is 129 cm³/mol. The average molecular weight is 511 g/mol. The van der Waals surface area contributed by atoms with E-state index in [2.05, 4.69) is 26.5 Å². The summed E-state index contributed by atoms with van der Waals surface area (Å²) in [6, 6.07) is 18.7. The number of benzene rings is 3. The summed E-state index contributed by atoms with van der Waals surface area (Å²) in [7, 11) is 0. The van der Waals surface area contributed by atoms with Crippen LogP contribution in [0.5, 0.6) is 17.2 Å². The number of nitrogens with one attached hydrogen (secondary N) is 1. The van der Waals surface area contributed by atoms with Crippen LogP contribution in [-0.2, 0) is 0 Å². The maximum atomic E-state index is 12.6. The lowest BCUT2D eigenvalue weighted by atomic mass is 10.2. The number of amides is 1. The fourth-order valence-corrected chi connectivity index (χ4v) is 3.26. The van der Waals surface area contributed by atoms with Gasteiger partial charge in [0.1, 0.15) is 17.2 Å². The molecular formula is C25H23BrN2O5. The van der Waals surface area contributed by atoms with Crippen LogP contribution >= 0.6 is 15.9 Å². The van der Waals surface area contributed by atoms with Gasteiger partial charge in [-0.15, -0.1) is 0 Å². The highest BCUT2D eigenvalue weighted by molar-refractivity contribution is 9.10. The zero-order chi connectivity index (χ0) is 23.6. The smallest absolute Gasteiger partial charge is 0.343 e. The first kappa shape index (κ1) is 24.0. The molecule has 0 saturated heterocycles. The Morgan fingerprint density at radius 3 is 2.39 bits per heavy atom. The van der Waals surface area contributed by atoms with Gasteiger partial charge in [-0.1, -0.05) is 28.1 Å². The number of hydrogen-bond acceptors (Lipinski definition) is 6. The molecule has 0 saturated carbocycles. The molecule has 170 valence electrons. The van der Waals surface area contributed by atoms with Crippen molar-refractivity contribution in [3.63, 3.8) is 0 Å². The molecule has 0 radical (unpaired) electrons. The molecule has 0 aromatic heterocycles. The van der Waals surface area contributed by atoms with Gasteiger partial charge in [0.05, 0.1) is 30.6 Å². The third-order valence-corrected chi connectivity index (χ3v) is 4.87. The first-order valence-corrected chi connectivity index (χ1v) is 11.1. The van der Waals surface area contributed by atoms with Crippen molar-refractivity contribution >= 4 is 34.0 Å². The molecule has 1 amide bonds. The highest BCUT2D eigenvalue weighted by Gasteiger charge is 2.13. The van der Waals surface area contributed by atoms with Crippen LogP contribution in [0, 0.1) is 0 Å². The first-order chi connectivity index (χ1) is 16.0. The van der Waals surface area contributed by atoms with Crippen molar-refractivity contribution in [1.82, 2.24) is 5.43 Å². The zero-order valence-electron chi connectivity index (χ0n) is 18.2. The van der Waals surface area contributed by atoms with E-state index in [-0.39, 0.29) is 0 Å². The largest absolute Gasteiger partial charge is 0.494 e. The van der Waals surface area contributed by atoms with Crippen molar-refractivity contribution in [1.29, 1.82) is 0 Å². The molecule has 0 bridgehead atoms. The molecule has 0 atom stereocenters. The number of ether oxygens (including phenoxy) is 3. The minimum Gasteiger partial charge on any atom is -0.494 e. The van der Waals surface area contributed by atoms with E-state index in [4.69, 9.17) is 14.2 Å². The highest BCUT2D eigenvalue weighted by atomic mass is 79.9. The van der Waals surface area contributed by atoms with Gasteiger partial charge in [-0.25, -0.2) is 10.2 Å². The third-order valence-electron chi connectivity index (χ3n) is 4.38. The molecule has 0 aliphatic carbocycles. The fourth-order valence-electron chi connectivity index (χ4n) is 2.88. The topological polar surface area (TPSA) is 86.2 Å². The fraction of sp³-hybridized carbons (Fsp3) is 0.160. The maximum absolute atomic E-state index is 12.6. The Hall–Kier alpha value is -3.65. The number of rotatable bonds is 9. The summed E-state index contributed by atoms with van der Waals surface area (Å²) in [5.41, 5.74) is 3.73. The molecule has 0 spiro atoms. The van der Waals surface area contributed by atoms with Crippen molar-refractivity contribution in [3.05, 3.63) is 87.9 Å². The van der Waals surface area contributed by atoms with E-state index in [1.54, 1.807) is 66.7 Å². The average Bonchev–Trinajstić information content (AvgIpc) is 2.82. The lowest BCUT2D eigenvalue weighted by Crippen LogP contribution is -2.19. The van der Waals surface area contributed by atoms with Gasteiger partial charge in [0.25, 0.3) is 5.91 Å². The van der Waals surface area contributed by atoms with Crippen molar-refractivity contribution in [2.75, 3.05) is 13.2 Å². The second kappa shape index (κ2) is 11.8. The molecule has 1 N–H and O–H groups in total. The van der Waals surface area contributed by atoms with Crippen LogP contribution in [0.2, 0.25) is 0 Å². The van der Waals surface area contributed by atoms with Crippen LogP contribution in [0.3, 0.4) is 0 Å². The second-order valence-electron chi connectivity index (χ2n) is 6.66. The Kier molecular flexibility index (Phi) is 8.60. The standard InChI is InChI=1S/C25H23BrN2O5/c1-3-31-20-12-9-17(10-13-20)25(30)33-22-14-11-19(26)15-18(22)16-27-28-24(29)21-7-5-6-8-23(21)32-4-2/h5-16H,3-4H2,1-2H3,(H,28,29). The molecule has 0 aliphatic heterocycles. The summed E-state index contributed by atoms with van der Waals surface area (Å²) in [6.45, 7) is 4.71. The molecule has 8 heteroatoms. The van der Waals surface area contributed by atoms with Crippen LogP contribution in [0.1, 0.15) is 40.1 Å². The Morgan fingerprint density at radius 2 is 1.67 bits per heavy atom. The highest BCUT2D eigenvalue weighted by Crippen LogP contribution is 2.23. The van der Waals surface area contributed by atoms with Crippen molar-refractivity contribution in [2.45, 2.75) is 13.8 Å². The van der Waals surface area contributed by atoms with E-state index >= 15 is 0 Å². The minimum absolute atomic E-state index is 0.296. The van der Waals surface area contributed by atoms with Gasteiger partial charge in [0.2, 0.25) is 0 Å². The molecule has 3 rings (SSSR count). The van der Waals surface area contributed by atoms with Gasteiger partial charge in [-0.05, 0) is 68.4 Å². The summed E-state index contributed by atoms with van der Waals surface area (Å²) >= 11 is 3.39. The summed E-state index contributed by atoms with van der Waals surface area (Å²) in [6.07, 6.45) is 1.41. The van der Waals surface area contributed by atoms with E-state index in [1.165, 1.54) is 6.21 Å². The van der Waals surface area contributed by atoms with Gasteiger partial charge in [-0.3, -0.25) is 4.79 Å². The Labute approximate surface area is 200 Å². The van der Waals surface area contributed by atoms with Crippen LogP contribution in [0.25, 0.3) is 0 Å². The molecule has 33 heavy (non-hydrogen) atoms. The lowest BCUT2D eigenvalue weighted by molar-refractivity contribution is 0.0734. The Bertz CT molecular complexity index is 1150. The molecule has 0 heterocycles. The number of hydrazone groups is 1. The van der Waals surface area contributed by atoms with Gasteiger partial charge >= 0.3 is 5.97 Å². The van der Waals surface area contributed by atoms with Crippen LogP contribution in [0.4, 0.5) is 0 Å². The minimum atomic E-state index is -0.523. The summed E-state index contributed by atoms with van der Waals surface area (Å²) in [4.78, 5) is 25.1. The van der Waals surface area contributed by atoms with E-state index in [0.717, 1.165) is 4.47 Å². The second-order valence-corrected chi connectivity index (χ2v) is 7.57. The van der Waals surface area contributed by atoms with E-state index in [9.17, 15) is 9.59 Å². The molecular weight excluding hydrogens is 488 g/mol. The molecule has 0 unspecified atom stereocenters. The molecule has 3 aromatic carbocycles. The monoisotopic (exact) mass is 510 g/mol. The zero-order valence-corrected chi connectivity index (χ0v) is 19.8. The molecule has 3 aromatic rings. The van der Waals surface area contributed by atoms with Gasteiger partial charge < -0.3 is 14.2 Å². The number of para-hydroxylation sites is 1. The van der Waals surface area contributed by atoms with Gasteiger partial charge in [0.15, 0.2) is 0 Å². The summed E-state index contributed by atoms with van der Waals surface area (Å²) in [5, 5.41) is 4.02. The normalized spacial score (nSPS) is 10.6. The SMILES string of the molecule is CCOc1ccc(C(=O)Oc2ccc(Br)cc2C=NNC(=O)c2ccccc2OCC)cc1. The van der Waals surface area contributed by atoms with E-state index in [1.807, 2.05) is 13.8 Å². The number of halogens is 1. The Balaban J connectivity index is 1.72. The summed E-state index contributed by atoms with van der Waals surface area (Å²) < 4.78 is 17.2. The van der Waals surface area contributed by atoms with Crippen LogP contribution < -0.4 is 19.6 Å². The molecule has 0 aliphatic rings. The quantitative estimate of drug-likeness (QED) is 0.184. The van der Waals surface area contributed by atoms with Crippen molar-refractivity contribution < 1.29 is 23.8 Å². The first-order valence-electron chi connectivity index (χ1n) is 10.3. The number of carbonyl (C=O) groups excluding carboxylic acids is 2.